The van der Waals surface area contributed by atoms with E-state index in [1.54, 1.807) is 6.20 Å². The Morgan fingerprint density at radius 1 is 1.10 bits per heavy atom. The molecule has 0 unspecified atom stereocenters. The van der Waals surface area contributed by atoms with Gasteiger partial charge in [0.2, 0.25) is 11.9 Å². The molecule has 0 spiro atoms. The third-order valence-corrected chi connectivity index (χ3v) is 9.74. The van der Waals surface area contributed by atoms with E-state index in [2.05, 4.69) is 10.3 Å². The number of nitrogens with zero attached hydrogens (tertiary/aromatic N) is 4. The van der Waals surface area contributed by atoms with E-state index in [4.69, 9.17) is 9.72 Å². The minimum atomic E-state index is -3.01. The van der Waals surface area contributed by atoms with Crippen molar-refractivity contribution in [3.63, 3.8) is 0 Å². The number of benzene rings is 1. The monoisotopic (exact) mass is 597 g/mol. The first-order valence-electron chi connectivity index (χ1n) is 15.0. The van der Waals surface area contributed by atoms with Crippen LogP contribution in [-0.2, 0) is 14.6 Å². The summed E-state index contributed by atoms with van der Waals surface area (Å²) in [5.74, 6) is 2.67. The first-order valence-corrected chi connectivity index (χ1v) is 17.1. The van der Waals surface area contributed by atoms with Crippen molar-refractivity contribution < 1.29 is 23.1 Å². The number of sulfone groups is 1. The van der Waals surface area contributed by atoms with Crippen LogP contribution in [0.1, 0.15) is 58.8 Å². The van der Waals surface area contributed by atoms with Gasteiger partial charge >= 0.3 is 0 Å². The van der Waals surface area contributed by atoms with Crippen LogP contribution < -0.4 is 10.1 Å². The normalized spacial score (nSPS) is 20.5. The van der Waals surface area contributed by atoms with Gasteiger partial charge in [0.25, 0.3) is 0 Å². The van der Waals surface area contributed by atoms with Crippen LogP contribution in [0.25, 0.3) is 16.7 Å². The topological polar surface area (TPSA) is 127 Å². The summed E-state index contributed by atoms with van der Waals surface area (Å²) in [6.45, 7) is 5.52. The summed E-state index contributed by atoms with van der Waals surface area (Å²) in [6.07, 6.45) is 10.5. The highest BCUT2D eigenvalue weighted by Gasteiger charge is 2.35. The number of nitrogens with one attached hydrogen (secondary N) is 1. The molecule has 2 fully saturated rings. The van der Waals surface area contributed by atoms with Crippen molar-refractivity contribution in [1.82, 2.24) is 19.4 Å². The molecule has 228 valence electrons. The van der Waals surface area contributed by atoms with Crippen LogP contribution in [0.5, 0.6) is 5.75 Å². The average Bonchev–Trinajstić information content (AvgIpc) is 3.40. The van der Waals surface area contributed by atoms with Crippen molar-refractivity contribution in [3.05, 3.63) is 42.7 Å². The molecule has 2 aliphatic rings. The third-order valence-electron chi connectivity index (χ3n) is 8.71. The highest BCUT2D eigenvalue weighted by molar-refractivity contribution is 7.90. The molecule has 1 saturated carbocycles. The first kappa shape index (κ1) is 30.3. The van der Waals surface area contributed by atoms with Crippen molar-refractivity contribution in [2.75, 3.05) is 37.0 Å². The van der Waals surface area contributed by atoms with Gasteiger partial charge in [0.1, 0.15) is 21.4 Å². The van der Waals surface area contributed by atoms with Gasteiger partial charge < -0.3 is 24.6 Å². The van der Waals surface area contributed by atoms with Crippen LogP contribution in [0.15, 0.2) is 42.7 Å². The quantitative estimate of drug-likeness (QED) is 0.333. The molecule has 3 aromatic rings. The van der Waals surface area contributed by atoms with Crippen molar-refractivity contribution in [3.8, 4) is 11.6 Å². The SMILES string of the molecule is CC(C)(O)C1CCN(C(=O)[C@H]2CC[C@H](Nc3nccc(-n4ccc5c(OCCCS(C)(=O)=O)cccc54)n3)CC2)CC1. The molecule has 2 aromatic heterocycles. The predicted octanol–water partition coefficient (Wildman–Crippen LogP) is 4.21. The fourth-order valence-corrected chi connectivity index (χ4v) is 6.90. The van der Waals surface area contributed by atoms with Crippen molar-refractivity contribution in [2.24, 2.45) is 11.8 Å². The summed E-state index contributed by atoms with van der Waals surface area (Å²) in [6, 6.07) is 9.85. The number of piperidine rings is 1. The molecule has 0 atom stereocenters. The molecule has 2 N–H and O–H groups in total. The summed E-state index contributed by atoms with van der Waals surface area (Å²) >= 11 is 0. The third kappa shape index (κ3) is 7.42. The molecule has 0 radical (unpaired) electrons. The average molecular weight is 598 g/mol. The Morgan fingerprint density at radius 3 is 2.52 bits per heavy atom. The van der Waals surface area contributed by atoms with Crippen LogP contribution >= 0.6 is 0 Å². The molecular formula is C31H43N5O5S. The van der Waals surface area contributed by atoms with Crippen LogP contribution in [0.4, 0.5) is 5.95 Å². The lowest BCUT2D eigenvalue weighted by Crippen LogP contribution is -2.46. The Balaban J connectivity index is 1.16. The zero-order chi connectivity index (χ0) is 29.9. The van der Waals surface area contributed by atoms with Crippen molar-refractivity contribution >= 4 is 32.6 Å². The number of aromatic nitrogens is 3. The van der Waals surface area contributed by atoms with Gasteiger partial charge in [-0.3, -0.25) is 4.79 Å². The van der Waals surface area contributed by atoms with E-state index in [1.807, 2.05) is 59.8 Å². The number of fused-ring (bicyclic) bond motifs is 1. The van der Waals surface area contributed by atoms with Crippen molar-refractivity contribution in [2.45, 2.75) is 70.4 Å². The largest absolute Gasteiger partial charge is 0.493 e. The lowest BCUT2D eigenvalue weighted by Gasteiger charge is -2.39. The Bertz CT molecular complexity index is 1480. The fraction of sp³-hybridized carbons (Fsp3) is 0.581. The van der Waals surface area contributed by atoms with E-state index in [1.165, 1.54) is 6.26 Å². The first-order chi connectivity index (χ1) is 20.0. The van der Waals surface area contributed by atoms with Gasteiger partial charge in [-0.15, -0.1) is 0 Å². The van der Waals surface area contributed by atoms with E-state index in [-0.39, 0.29) is 29.5 Å². The maximum Gasteiger partial charge on any atom is 0.225 e. The summed E-state index contributed by atoms with van der Waals surface area (Å²) in [7, 11) is -3.01. The van der Waals surface area contributed by atoms with Crippen LogP contribution in [0.2, 0.25) is 0 Å². The van der Waals surface area contributed by atoms with Crippen molar-refractivity contribution in [1.29, 1.82) is 0 Å². The standard InChI is InChI=1S/C31H43N5O5S/c1-31(2,38)23-13-17-35(18-14-23)29(37)22-8-10-24(11-9-22)33-30-32-16-12-28(34-30)36-19-15-25-26(36)6-4-7-27(25)41-20-5-21-42(3,39)40/h4,6-7,12,15-16,19,22-24,38H,5,8-11,13-14,17-18,20-21H2,1-3H3,(H,32,33,34)/t22-,24-. The Labute approximate surface area is 248 Å². The van der Waals surface area contributed by atoms with Gasteiger partial charge in [0, 0.05) is 49.1 Å². The van der Waals surface area contributed by atoms with E-state index < -0.39 is 15.4 Å². The second-order valence-corrected chi connectivity index (χ2v) is 14.7. The molecule has 10 nitrogen and oxygen atoms in total. The van der Waals surface area contributed by atoms with E-state index in [9.17, 15) is 18.3 Å². The zero-order valence-corrected chi connectivity index (χ0v) is 25.6. The van der Waals surface area contributed by atoms with Gasteiger partial charge in [-0.2, -0.15) is 4.98 Å². The maximum atomic E-state index is 13.2. The number of aliphatic hydroxyl groups is 1. The summed E-state index contributed by atoms with van der Waals surface area (Å²) < 4.78 is 30.7. The number of anilines is 1. The Hall–Kier alpha value is -3.18. The number of ether oxygens (including phenoxy) is 1. The second-order valence-electron chi connectivity index (χ2n) is 12.4. The van der Waals surface area contributed by atoms with E-state index in [0.717, 1.165) is 68.3 Å². The smallest absolute Gasteiger partial charge is 0.225 e. The molecule has 1 aromatic carbocycles. The fourth-order valence-electron chi connectivity index (χ4n) is 6.25. The number of carbonyl (C=O) groups excluding carboxylic acids is 1. The van der Waals surface area contributed by atoms with Gasteiger partial charge in [0.05, 0.1) is 23.5 Å². The molecule has 1 aliphatic carbocycles. The van der Waals surface area contributed by atoms with Gasteiger partial charge in [-0.05, 0) is 89.0 Å². The number of hydrogen-bond donors (Lipinski definition) is 2. The maximum absolute atomic E-state index is 13.2. The van der Waals surface area contributed by atoms with E-state index in [0.29, 0.717) is 24.7 Å². The van der Waals surface area contributed by atoms with Gasteiger partial charge in [-0.1, -0.05) is 6.07 Å². The lowest BCUT2D eigenvalue weighted by molar-refractivity contribution is -0.139. The van der Waals surface area contributed by atoms with E-state index >= 15 is 0 Å². The molecule has 1 saturated heterocycles. The van der Waals surface area contributed by atoms with Crippen LogP contribution in [0.3, 0.4) is 0 Å². The van der Waals surface area contributed by atoms with Gasteiger partial charge in [-0.25, -0.2) is 13.4 Å². The predicted molar refractivity (Wildman–Crippen MR) is 164 cm³/mol. The number of carbonyl (C=O) groups is 1. The molecular weight excluding hydrogens is 554 g/mol. The number of likely N-dealkylation sites (tertiary alicyclic amines) is 1. The van der Waals surface area contributed by atoms with Crippen LogP contribution in [0, 0.1) is 11.8 Å². The van der Waals surface area contributed by atoms with Gasteiger partial charge in [0.15, 0.2) is 0 Å². The molecule has 1 aliphatic heterocycles. The molecule has 3 heterocycles. The summed E-state index contributed by atoms with van der Waals surface area (Å²) in [4.78, 5) is 24.4. The lowest BCUT2D eigenvalue weighted by atomic mass is 9.81. The highest BCUT2D eigenvalue weighted by Crippen LogP contribution is 2.32. The summed E-state index contributed by atoms with van der Waals surface area (Å²) in [5.41, 5.74) is 0.248. The molecule has 1 amide bonds. The Kier molecular flexibility index (Phi) is 9.08. The molecule has 42 heavy (non-hydrogen) atoms. The number of hydrogen-bond acceptors (Lipinski definition) is 8. The van der Waals surface area contributed by atoms with Crippen LogP contribution in [-0.4, -0.2) is 82.2 Å². The Morgan fingerprint density at radius 2 is 1.83 bits per heavy atom. The molecule has 0 bridgehead atoms. The number of rotatable bonds is 10. The molecule has 5 rings (SSSR count). The highest BCUT2D eigenvalue weighted by atomic mass is 32.2. The summed E-state index contributed by atoms with van der Waals surface area (Å²) in [5, 5.41) is 14.7. The number of amides is 1. The molecule has 11 heteroatoms. The zero-order valence-electron chi connectivity index (χ0n) is 24.8. The minimum Gasteiger partial charge on any atom is -0.493 e. The second kappa shape index (κ2) is 12.6. The minimum absolute atomic E-state index is 0.0583.